The number of rotatable bonds is 6. The molecule has 8 heteroatoms. The molecule has 2 N–H and O–H groups in total. The van der Waals surface area contributed by atoms with Crippen LogP contribution in [0.3, 0.4) is 0 Å². The van der Waals surface area contributed by atoms with Gasteiger partial charge >= 0.3 is 0 Å². The average Bonchev–Trinajstić information content (AvgIpc) is 3.29. The van der Waals surface area contributed by atoms with Gasteiger partial charge < -0.3 is 19.6 Å². The Bertz CT molecular complexity index is 853. The van der Waals surface area contributed by atoms with E-state index in [-0.39, 0.29) is 24.7 Å². The van der Waals surface area contributed by atoms with Crippen LogP contribution in [0.4, 0.5) is 0 Å². The molecule has 0 saturated carbocycles. The number of benzene rings is 1. The Hall–Kier alpha value is -3.00. The van der Waals surface area contributed by atoms with Crippen LogP contribution in [0, 0.1) is 6.92 Å². The summed E-state index contributed by atoms with van der Waals surface area (Å²) in [5.74, 6) is 0.888. The molecule has 0 fully saturated rings. The predicted octanol–water partition coefficient (Wildman–Crippen LogP) is 2.15. The molecule has 1 amide bonds. The highest BCUT2D eigenvalue weighted by molar-refractivity contribution is 5.91. The van der Waals surface area contributed by atoms with Crippen LogP contribution in [0.2, 0.25) is 0 Å². The van der Waals surface area contributed by atoms with E-state index in [2.05, 4.69) is 15.1 Å². The zero-order valence-corrected chi connectivity index (χ0v) is 14.1. The highest BCUT2D eigenvalue weighted by Crippen LogP contribution is 2.17. The van der Waals surface area contributed by atoms with Gasteiger partial charge in [0.25, 0.3) is 5.91 Å². The lowest BCUT2D eigenvalue weighted by atomic mass is 10.1. The maximum atomic E-state index is 12.5. The van der Waals surface area contributed by atoms with Crippen LogP contribution in [0.1, 0.15) is 34.8 Å². The van der Waals surface area contributed by atoms with E-state index in [4.69, 9.17) is 14.7 Å². The maximum Gasteiger partial charge on any atom is 0.276 e. The van der Waals surface area contributed by atoms with Crippen LogP contribution < -0.4 is 5.73 Å². The molecule has 0 aliphatic heterocycles. The minimum Gasteiger partial charge on any atom is -0.447 e. The fraction of sp³-hybridized carbons (Fsp3) is 0.294. The number of hydrogen-bond acceptors (Lipinski definition) is 7. The Morgan fingerprint density at radius 1 is 1.20 bits per heavy atom. The Labute approximate surface area is 144 Å². The zero-order chi connectivity index (χ0) is 17.8. The Morgan fingerprint density at radius 3 is 2.60 bits per heavy atom. The quantitative estimate of drug-likeness (QED) is 0.731. The summed E-state index contributed by atoms with van der Waals surface area (Å²) in [6.07, 6.45) is 1.30. The topological polar surface area (TPSA) is 111 Å². The van der Waals surface area contributed by atoms with Gasteiger partial charge in [-0.25, -0.2) is 4.98 Å². The Kier molecular flexibility index (Phi) is 4.90. The molecule has 0 unspecified atom stereocenters. The Morgan fingerprint density at radius 2 is 1.96 bits per heavy atom. The molecule has 3 aromatic rings. The SMILES string of the molecule is CCN(Cc1nc(-c2ccc(C)cc2)no1)C(=O)c1coc(CN)n1. The summed E-state index contributed by atoms with van der Waals surface area (Å²) in [5.41, 5.74) is 7.67. The van der Waals surface area contributed by atoms with Crippen molar-refractivity contribution in [1.29, 1.82) is 0 Å². The van der Waals surface area contributed by atoms with Gasteiger partial charge in [-0.2, -0.15) is 4.98 Å². The van der Waals surface area contributed by atoms with E-state index in [1.54, 1.807) is 4.90 Å². The van der Waals surface area contributed by atoms with E-state index >= 15 is 0 Å². The maximum absolute atomic E-state index is 12.5. The van der Waals surface area contributed by atoms with Gasteiger partial charge in [-0.15, -0.1) is 0 Å². The van der Waals surface area contributed by atoms with Crippen LogP contribution in [-0.4, -0.2) is 32.5 Å². The summed E-state index contributed by atoms with van der Waals surface area (Å²) < 4.78 is 10.4. The average molecular weight is 341 g/mol. The number of amides is 1. The molecule has 0 aliphatic carbocycles. The van der Waals surface area contributed by atoms with Gasteiger partial charge in [0.1, 0.15) is 12.8 Å². The molecule has 2 heterocycles. The van der Waals surface area contributed by atoms with Gasteiger partial charge in [0, 0.05) is 12.1 Å². The number of nitrogens with zero attached hydrogens (tertiary/aromatic N) is 4. The standard InChI is InChI=1S/C17H19N5O3/c1-3-22(17(23)13-10-24-14(8-18)19-13)9-15-20-16(21-25-15)12-6-4-11(2)5-7-12/h4-7,10H,3,8-9,18H2,1-2H3. The zero-order valence-electron chi connectivity index (χ0n) is 14.1. The molecule has 0 atom stereocenters. The van der Waals surface area contributed by atoms with Crippen molar-refractivity contribution in [2.75, 3.05) is 6.54 Å². The first kappa shape index (κ1) is 16.8. The summed E-state index contributed by atoms with van der Waals surface area (Å²) in [6.45, 7) is 4.67. The summed E-state index contributed by atoms with van der Waals surface area (Å²) in [7, 11) is 0. The third-order valence-corrected chi connectivity index (χ3v) is 3.72. The van der Waals surface area contributed by atoms with Gasteiger partial charge in [0.15, 0.2) is 5.69 Å². The molecule has 3 rings (SSSR count). The number of aromatic nitrogens is 3. The molecule has 0 spiro atoms. The van der Waals surface area contributed by atoms with Gasteiger partial charge in [0.2, 0.25) is 17.6 Å². The molecule has 2 aromatic heterocycles. The van der Waals surface area contributed by atoms with Crippen molar-refractivity contribution in [2.24, 2.45) is 5.73 Å². The Balaban J connectivity index is 1.73. The monoisotopic (exact) mass is 341 g/mol. The van der Waals surface area contributed by atoms with E-state index in [0.29, 0.717) is 24.2 Å². The van der Waals surface area contributed by atoms with Crippen LogP contribution in [0.15, 0.2) is 39.5 Å². The lowest BCUT2D eigenvalue weighted by Crippen LogP contribution is -2.30. The summed E-state index contributed by atoms with van der Waals surface area (Å²) in [4.78, 5) is 22.5. The molecular formula is C17H19N5O3. The van der Waals surface area contributed by atoms with Crippen molar-refractivity contribution in [3.05, 3.63) is 53.6 Å². The van der Waals surface area contributed by atoms with E-state index in [9.17, 15) is 4.79 Å². The normalized spacial score (nSPS) is 10.8. The minimum absolute atomic E-state index is 0.142. The first-order valence-corrected chi connectivity index (χ1v) is 7.94. The largest absolute Gasteiger partial charge is 0.447 e. The third kappa shape index (κ3) is 3.74. The van der Waals surface area contributed by atoms with E-state index < -0.39 is 0 Å². The van der Waals surface area contributed by atoms with Crippen LogP contribution in [-0.2, 0) is 13.1 Å². The highest BCUT2D eigenvalue weighted by atomic mass is 16.5. The molecule has 0 radical (unpaired) electrons. The van der Waals surface area contributed by atoms with E-state index in [1.165, 1.54) is 6.26 Å². The smallest absolute Gasteiger partial charge is 0.276 e. The van der Waals surface area contributed by atoms with Gasteiger partial charge in [0.05, 0.1) is 6.54 Å². The molecule has 0 bridgehead atoms. The van der Waals surface area contributed by atoms with Gasteiger partial charge in [-0.1, -0.05) is 35.0 Å². The fourth-order valence-electron chi connectivity index (χ4n) is 2.29. The van der Waals surface area contributed by atoms with Gasteiger partial charge in [-0.05, 0) is 13.8 Å². The number of carbonyl (C=O) groups is 1. The second-order valence-corrected chi connectivity index (χ2v) is 5.53. The molecule has 0 aliphatic rings. The predicted molar refractivity (Wildman–Crippen MR) is 89.3 cm³/mol. The molecule has 1 aromatic carbocycles. The summed E-state index contributed by atoms with van der Waals surface area (Å²) in [5, 5.41) is 3.98. The van der Waals surface area contributed by atoms with Crippen LogP contribution >= 0.6 is 0 Å². The number of carbonyl (C=O) groups excluding carboxylic acids is 1. The second-order valence-electron chi connectivity index (χ2n) is 5.53. The molecular weight excluding hydrogens is 322 g/mol. The third-order valence-electron chi connectivity index (χ3n) is 3.72. The molecule has 130 valence electrons. The van der Waals surface area contributed by atoms with Crippen molar-refractivity contribution in [3.8, 4) is 11.4 Å². The lowest BCUT2D eigenvalue weighted by Gasteiger charge is -2.16. The molecule has 0 saturated heterocycles. The summed E-state index contributed by atoms with van der Waals surface area (Å²) >= 11 is 0. The number of oxazole rings is 1. The fourth-order valence-corrected chi connectivity index (χ4v) is 2.29. The van der Waals surface area contributed by atoms with E-state index in [1.807, 2.05) is 38.1 Å². The van der Waals surface area contributed by atoms with Crippen molar-refractivity contribution in [3.63, 3.8) is 0 Å². The first-order valence-electron chi connectivity index (χ1n) is 7.94. The second kappa shape index (κ2) is 7.27. The van der Waals surface area contributed by atoms with Crippen LogP contribution in [0.25, 0.3) is 11.4 Å². The van der Waals surface area contributed by atoms with Crippen molar-refractivity contribution >= 4 is 5.91 Å². The molecule has 25 heavy (non-hydrogen) atoms. The summed E-state index contributed by atoms with van der Waals surface area (Å²) in [6, 6.07) is 7.81. The highest BCUT2D eigenvalue weighted by Gasteiger charge is 2.21. The number of hydrogen-bond donors (Lipinski definition) is 1. The number of aryl methyl sites for hydroxylation is 1. The van der Waals surface area contributed by atoms with Crippen molar-refractivity contribution in [2.45, 2.75) is 26.9 Å². The molecule has 8 nitrogen and oxygen atoms in total. The van der Waals surface area contributed by atoms with Crippen LogP contribution in [0.5, 0.6) is 0 Å². The van der Waals surface area contributed by atoms with Gasteiger partial charge in [-0.3, -0.25) is 4.79 Å². The van der Waals surface area contributed by atoms with Crippen molar-refractivity contribution in [1.82, 2.24) is 20.0 Å². The lowest BCUT2D eigenvalue weighted by molar-refractivity contribution is 0.0728. The minimum atomic E-state index is -0.277. The van der Waals surface area contributed by atoms with E-state index in [0.717, 1.165) is 11.1 Å². The number of nitrogens with two attached hydrogens (primary N) is 1. The van der Waals surface area contributed by atoms with Crippen molar-refractivity contribution < 1.29 is 13.7 Å². The first-order chi connectivity index (χ1) is 12.1.